The number of nitrogens with zero attached hydrogens (tertiary/aromatic N) is 3. The number of benzene rings is 1. The smallest absolute Gasteiger partial charge is 0.321 e. The summed E-state index contributed by atoms with van der Waals surface area (Å²) < 4.78 is 2.75. The molecule has 6 heteroatoms. The van der Waals surface area contributed by atoms with E-state index in [1.807, 2.05) is 42.9 Å². The molecule has 2 amide bonds. The number of para-hydroxylation sites is 1. The molecule has 0 aliphatic carbocycles. The molecule has 1 aromatic carbocycles. The minimum atomic E-state index is -0.119. The van der Waals surface area contributed by atoms with Crippen molar-refractivity contribution in [3.63, 3.8) is 0 Å². The van der Waals surface area contributed by atoms with Crippen LogP contribution in [0.1, 0.15) is 17.0 Å². The number of urea groups is 1. The van der Waals surface area contributed by atoms with Gasteiger partial charge in [0, 0.05) is 30.8 Å². The van der Waals surface area contributed by atoms with Crippen LogP contribution >= 0.6 is 15.9 Å². The molecule has 0 saturated heterocycles. The van der Waals surface area contributed by atoms with E-state index in [0.717, 1.165) is 28.0 Å². The number of hydrogen-bond donors (Lipinski definition) is 1. The van der Waals surface area contributed by atoms with Gasteiger partial charge in [0.2, 0.25) is 0 Å². The Morgan fingerprint density at radius 1 is 1.36 bits per heavy atom. The normalized spacial score (nSPS) is 10.6. The first-order valence-electron chi connectivity index (χ1n) is 7.16. The highest BCUT2D eigenvalue weighted by Gasteiger charge is 2.13. The van der Waals surface area contributed by atoms with Crippen LogP contribution in [0, 0.1) is 13.8 Å². The van der Waals surface area contributed by atoms with Gasteiger partial charge < -0.3 is 10.2 Å². The first-order valence-corrected chi connectivity index (χ1v) is 7.95. The summed E-state index contributed by atoms with van der Waals surface area (Å²) in [4.78, 5) is 13.9. The van der Waals surface area contributed by atoms with Crippen LogP contribution in [0.15, 0.2) is 28.7 Å². The van der Waals surface area contributed by atoms with Gasteiger partial charge in [-0.2, -0.15) is 5.10 Å². The number of amides is 2. The molecule has 0 spiro atoms. The number of carbonyl (C=O) groups excluding carboxylic acids is 1. The van der Waals surface area contributed by atoms with E-state index in [0.29, 0.717) is 6.54 Å². The molecule has 0 aliphatic heterocycles. The lowest BCUT2D eigenvalue weighted by Gasteiger charge is -2.18. The van der Waals surface area contributed by atoms with Crippen molar-refractivity contribution in [1.29, 1.82) is 0 Å². The molecular weight excluding hydrogens is 344 g/mol. The predicted molar refractivity (Wildman–Crippen MR) is 92.2 cm³/mol. The molecular formula is C16H21BrN4O. The second-order valence-electron chi connectivity index (χ2n) is 5.35. The van der Waals surface area contributed by atoms with Crippen LogP contribution in [0.2, 0.25) is 0 Å². The number of carbonyl (C=O) groups is 1. The third-order valence-electron chi connectivity index (χ3n) is 3.82. The first kappa shape index (κ1) is 16.5. The van der Waals surface area contributed by atoms with Crippen LogP contribution in [-0.4, -0.2) is 34.3 Å². The highest BCUT2D eigenvalue weighted by Crippen LogP contribution is 2.21. The molecule has 2 rings (SSSR count). The van der Waals surface area contributed by atoms with E-state index < -0.39 is 0 Å². The molecule has 0 bridgehead atoms. The SMILES string of the molecule is Cc1nn(C)c(C)c1CCN(C)C(=O)Nc1ccccc1Br. The van der Waals surface area contributed by atoms with E-state index in [9.17, 15) is 4.79 Å². The van der Waals surface area contributed by atoms with Crippen molar-refractivity contribution in [3.8, 4) is 0 Å². The standard InChI is InChI=1S/C16H21BrN4O/c1-11-13(12(2)21(4)19-11)9-10-20(3)16(22)18-15-8-6-5-7-14(15)17/h5-8H,9-10H2,1-4H3,(H,18,22). The number of likely N-dealkylation sites (N-methyl/N-ethyl adjacent to an activating group) is 1. The van der Waals surface area contributed by atoms with E-state index in [-0.39, 0.29) is 6.03 Å². The highest BCUT2D eigenvalue weighted by atomic mass is 79.9. The van der Waals surface area contributed by atoms with Crippen LogP contribution < -0.4 is 5.32 Å². The first-order chi connectivity index (χ1) is 10.4. The third-order valence-corrected chi connectivity index (χ3v) is 4.51. The molecule has 1 heterocycles. The van der Waals surface area contributed by atoms with Gasteiger partial charge in [0.25, 0.3) is 0 Å². The summed E-state index contributed by atoms with van der Waals surface area (Å²) >= 11 is 3.43. The Bertz CT molecular complexity index is 681. The zero-order chi connectivity index (χ0) is 16.3. The fraction of sp³-hybridized carbons (Fsp3) is 0.375. The Kier molecular flexibility index (Phi) is 5.24. The van der Waals surface area contributed by atoms with Crippen LogP contribution in [0.3, 0.4) is 0 Å². The van der Waals surface area contributed by atoms with Gasteiger partial charge in [-0.15, -0.1) is 0 Å². The van der Waals surface area contributed by atoms with Gasteiger partial charge in [0.15, 0.2) is 0 Å². The van der Waals surface area contributed by atoms with Crippen LogP contribution in [0.5, 0.6) is 0 Å². The van der Waals surface area contributed by atoms with Crippen molar-refractivity contribution < 1.29 is 4.79 Å². The molecule has 0 fully saturated rings. The Morgan fingerprint density at radius 2 is 2.05 bits per heavy atom. The number of aromatic nitrogens is 2. The van der Waals surface area contributed by atoms with Crippen molar-refractivity contribution in [2.75, 3.05) is 18.9 Å². The molecule has 2 aromatic rings. The number of hydrogen-bond acceptors (Lipinski definition) is 2. The highest BCUT2D eigenvalue weighted by molar-refractivity contribution is 9.10. The summed E-state index contributed by atoms with van der Waals surface area (Å²) in [6.07, 6.45) is 0.797. The minimum absolute atomic E-state index is 0.119. The molecule has 1 N–H and O–H groups in total. The molecule has 118 valence electrons. The Balaban J connectivity index is 1.96. The second kappa shape index (κ2) is 6.96. The molecule has 0 unspecified atom stereocenters. The topological polar surface area (TPSA) is 50.2 Å². The fourth-order valence-corrected chi connectivity index (χ4v) is 2.72. The van der Waals surface area contributed by atoms with Crippen molar-refractivity contribution in [2.24, 2.45) is 7.05 Å². The average Bonchev–Trinajstić information content (AvgIpc) is 2.72. The lowest BCUT2D eigenvalue weighted by Crippen LogP contribution is -2.33. The van der Waals surface area contributed by atoms with E-state index in [1.165, 1.54) is 5.56 Å². The summed E-state index contributed by atoms with van der Waals surface area (Å²) in [5, 5.41) is 7.30. The van der Waals surface area contributed by atoms with Gasteiger partial charge in [-0.25, -0.2) is 4.79 Å². The maximum absolute atomic E-state index is 12.2. The molecule has 22 heavy (non-hydrogen) atoms. The van der Waals surface area contributed by atoms with Gasteiger partial charge in [-0.3, -0.25) is 4.68 Å². The maximum atomic E-state index is 12.2. The summed E-state index contributed by atoms with van der Waals surface area (Å²) in [5.74, 6) is 0. The molecule has 1 aromatic heterocycles. The third kappa shape index (κ3) is 3.68. The van der Waals surface area contributed by atoms with E-state index in [2.05, 4.69) is 33.3 Å². The Morgan fingerprint density at radius 3 is 2.64 bits per heavy atom. The summed E-state index contributed by atoms with van der Waals surface area (Å²) in [5.41, 5.74) is 4.16. The van der Waals surface area contributed by atoms with E-state index in [4.69, 9.17) is 0 Å². The quantitative estimate of drug-likeness (QED) is 0.902. The maximum Gasteiger partial charge on any atom is 0.321 e. The Hall–Kier alpha value is -1.82. The summed E-state index contributed by atoms with van der Waals surface area (Å²) in [6, 6.07) is 7.45. The summed E-state index contributed by atoms with van der Waals surface area (Å²) in [7, 11) is 3.74. The zero-order valence-electron chi connectivity index (χ0n) is 13.4. The van der Waals surface area contributed by atoms with Gasteiger partial charge in [-0.05, 0) is 53.9 Å². The van der Waals surface area contributed by atoms with Crippen LogP contribution in [0.4, 0.5) is 10.5 Å². The fourth-order valence-electron chi connectivity index (χ4n) is 2.33. The second-order valence-corrected chi connectivity index (χ2v) is 6.21. The number of nitrogens with one attached hydrogen (secondary N) is 1. The lowest BCUT2D eigenvalue weighted by atomic mass is 10.1. The molecule has 0 radical (unpaired) electrons. The monoisotopic (exact) mass is 364 g/mol. The minimum Gasteiger partial charge on any atom is -0.327 e. The van der Waals surface area contributed by atoms with Crippen molar-refractivity contribution in [1.82, 2.24) is 14.7 Å². The average molecular weight is 365 g/mol. The number of rotatable bonds is 4. The van der Waals surface area contributed by atoms with Crippen molar-refractivity contribution in [2.45, 2.75) is 20.3 Å². The molecule has 5 nitrogen and oxygen atoms in total. The van der Waals surface area contributed by atoms with Gasteiger partial charge >= 0.3 is 6.03 Å². The van der Waals surface area contributed by atoms with E-state index >= 15 is 0 Å². The van der Waals surface area contributed by atoms with E-state index in [1.54, 1.807) is 11.9 Å². The molecule has 0 saturated carbocycles. The molecule has 0 aliphatic rings. The lowest BCUT2D eigenvalue weighted by molar-refractivity contribution is 0.223. The van der Waals surface area contributed by atoms with Crippen molar-refractivity contribution in [3.05, 3.63) is 45.7 Å². The predicted octanol–water partition coefficient (Wildman–Crippen LogP) is 3.51. The zero-order valence-corrected chi connectivity index (χ0v) is 14.9. The van der Waals surface area contributed by atoms with Gasteiger partial charge in [0.05, 0.1) is 11.4 Å². The van der Waals surface area contributed by atoms with Crippen molar-refractivity contribution >= 4 is 27.6 Å². The number of aryl methyl sites for hydroxylation is 2. The van der Waals surface area contributed by atoms with Crippen LogP contribution in [-0.2, 0) is 13.5 Å². The summed E-state index contributed by atoms with van der Waals surface area (Å²) in [6.45, 7) is 4.70. The van der Waals surface area contributed by atoms with Gasteiger partial charge in [0.1, 0.15) is 0 Å². The van der Waals surface area contributed by atoms with Gasteiger partial charge in [-0.1, -0.05) is 12.1 Å². The number of anilines is 1. The van der Waals surface area contributed by atoms with Crippen LogP contribution in [0.25, 0.3) is 0 Å². The largest absolute Gasteiger partial charge is 0.327 e. The number of halogens is 1. The molecule has 0 atom stereocenters. The Labute approximate surface area is 139 Å².